The maximum absolute atomic E-state index is 11.7. The van der Waals surface area contributed by atoms with Gasteiger partial charge in [0.2, 0.25) is 5.91 Å². The molecule has 130 valence electrons. The van der Waals surface area contributed by atoms with Gasteiger partial charge in [0, 0.05) is 40.2 Å². The molecule has 0 spiro atoms. The Kier molecular flexibility index (Phi) is 4.44. The van der Waals surface area contributed by atoms with E-state index < -0.39 is 0 Å². The van der Waals surface area contributed by atoms with Gasteiger partial charge in [-0.15, -0.1) is 0 Å². The number of nitrogens with one attached hydrogen (secondary N) is 2. The summed E-state index contributed by atoms with van der Waals surface area (Å²) in [6.07, 6.45) is 4.37. The second-order valence-corrected chi connectivity index (χ2v) is 6.48. The SMILES string of the molecule is O=C(C=CCl)Nc1cc2c(C3CNc4cc(Cl)ccc43)ncnc2cn1. The first kappa shape index (κ1) is 16.8. The number of fused-ring (bicyclic) bond motifs is 2. The fourth-order valence-electron chi connectivity index (χ4n) is 3.10. The molecule has 0 fully saturated rings. The molecule has 0 saturated heterocycles. The number of halogens is 2. The Morgan fingerprint density at radius 2 is 2.15 bits per heavy atom. The molecule has 26 heavy (non-hydrogen) atoms. The van der Waals surface area contributed by atoms with Gasteiger partial charge in [-0.05, 0) is 23.8 Å². The molecule has 0 radical (unpaired) electrons. The van der Waals surface area contributed by atoms with Crippen molar-refractivity contribution in [3.05, 3.63) is 64.7 Å². The van der Waals surface area contributed by atoms with Gasteiger partial charge in [-0.2, -0.15) is 0 Å². The first-order valence-corrected chi connectivity index (χ1v) is 8.69. The van der Waals surface area contributed by atoms with Crippen LogP contribution in [-0.2, 0) is 4.79 Å². The Bertz CT molecular complexity index is 1040. The van der Waals surface area contributed by atoms with E-state index in [2.05, 4.69) is 25.6 Å². The Morgan fingerprint density at radius 3 is 3.00 bits per heavy atom. The number of carbonyl (C=O) groups is 1. The first-order chi connectivity index (χ1) is 12.7. The number of rotatable bonds is 3. The number of aromatic nitrogens is 3. The Labute approximate surface area is 159 Å². The van der Waals surface area contributed by atoms with E-state index in [0.717, 1.165) is 27.9 Å². The van der Waals surface area contributed by atoms with Gasteiger partial charge in [-0.25, -0.2) is 15.0 Å². The van der Waals surface area contributed by atoms with E-state index in [1.54, 1.807) is 12.3 Å². The van der Waals surface area contributed by atoms with Crippen LogP contribution in [0.3, 0.4) is 0 Å². The van der Waals surface area contributed by atoms with Crippen molar-refractivity contribution in [2.75, 3.05) is 17.2 Å². The van der Waals surface area contributed by atoms with Gasteiger partial charge in [-0.1, -0.05) is 29.3 Å². The average molecular weight is 386 g/mol. The van der Waals surface area contributed by atoms with Crippen molar-refractivity contribution in [2.24, 2.45) is 0 Å². The molecule has 8 heteroatoms. The van der Waals surface area contributed by atoms with Crippen LogP contribution in [0.4, 0.5) is 11.5 Å². The Hall–Kier alpha value is -2.70. The molecule has 4 rings (SSSR count). The van der Waals surface area contributed by atoms with Crippen LogP contribution >= 0.6 is 23.2 Å². The third-order valence-corrected chi connectivity index (χ3v) is 4.60. The zero-order chi connectivity index (χ0) is 18.1. The number of amides is 1. The van der Waals surface area contributed by atoms with Gasteiger partial charge < -0.3 is 10.6 Å². The van der Waals surface area contributed by atoms with Gasteiger partial charge in [0.25, 0.3) is 0 Å². The number of hydrogen-bond donors (Lipinski definition) is 2. The maximum Gasteiger partial charge on any atom is 0.250 e. The van der Waals surface area contributed by atoms with Crippen molar-refractivity contribution >= 4 is 51.5 Å². The van der Waals surface area contributed by atoms with Crippen LogP contribution in [0.2, 0.25) is 5.02 Å². The Morgan fingerprint density at radius 1 is 1.27 bits per heavy atom. The van der Waals surface area contributed by atoms with E-state index in [4.69, 9.17) is 23.2 Å². The van der Waals surface area contributed by atoms with E-state index in [0.29, 0.717) is 22.9 Å². The quantitative estimate of drug-likeness (QED) is 0.667. The summed E-state index contributed by atoms with van der Waals surface area (Å²) in [7, 11) is 0. The van der Waals surface area contributed by atoms with Crippen LogP contribution in [-0.4, -0.2) is 27.4 Å². The third-order valence-electron chi connectivity index (χ3n) is 4.24. The molecule has 6 nitrogen and oxygen atoms in total. The highest BCUT2D eigenvalue weighted by Crippen LogP contribution is 2.38. The highest BCUT2D eigenvalue weighted by Gasteiger charge is 2.27. The molecule has 1 atom stereocenters. The lowest BCUT2D eigenvalue weighted by molar-refractivity contribution is -0.111. The van der Waals surface area contributed by atoms with Crippen molar-refractivity contribution in [1.29, 1.82) is 0 Å². The smallest absolute Gasteiger partial charge is 0.250 e. The molecule has 0 aliphatic carbocycles. The average Bonchev–Trinajstić information content (AvgIpc) is 3.04. The minimum Gasteiger partial charge on any atom is -0.384 e. The molecule has 1 aliphatic heterocycles. The van der Waals surface area contributed by atoms with Crippen molar-refractivity contribution in [3.63, 3.8) is 0 Å². The molecule has 2 N–H and O–H groups in total. The van der Waals surface area contributed by atoms with Crippen molar-refractivity contribution < 1.29 is 4.79 Å². The summed E-state index contributed by atoms with van der Waals surface area (Å²) in [6.45, 7) is 0.709. The molecule has 1 aliphatic rings. The van der Waals surface area contributed by atoms with Crippen molar-refractivity contribution in [2.45, 2.75) is 5.92 Å². The van der Waals surface area contributed by atoms with Gasteiger partial charge in [-0.3, -0.25) is 4.79 Å². The van der Waals surface area contributed by atoms with Gasteiger partial charge in [0.05, 0.1) is 17.4 Å². The molecule has 2 aromatic heterocycles. The van der Waals surface area contributed by atoms with Crippen LogP contribution in [0.25, 0.3) is 10.9 Å². The molecule has 1 unspecified atom stereocenters. The molecule has 3 heterocycles. The Balaban J connectivity index is 1.77. The summed E-state index contributed by atoms with van der Waals surface area (Å²) in [4.78, 5) is 24.7. The summed E-state index contributed by atoms with van der Waals surface area (Å²) in [5.74, 6) is 0.116. The molecule has 0 bridgehead atoms. The lowest BCUT2D eigenvalue weighted by Gasteiger charge is -2.13. The van der Waals surface area contributed by atoms with E-state index in [-0.39, 0.29) is 11.8 Å². The van der Waals surface area contributed by atoms with Gasteiger partial charge in [0.1, 0.15) is 12.1 Å². The molecular weight excluding hydrogens is 373 g/mol. The molecule has 0 saturated carbocycles. The summed E-state index contributed by atoms with van der Waals surface area (Å²) < 4.78 is 0. The molecular formula is C18H13Cl2N5O. The second-order valence-electron chi connectivity index (χ2n) is 5.79. The number of carbonyl (C=O) groups excluding carboxylic acids is 1. The molecule has 1 aromatic carbocycles. The van der Waals surface area contributed by atoms with E-state index in [1.807, 2.05) is 18.2 Å². The number of hydrogen-bond acceptors (Lipinski definition) is 5. The summed E-state index contributed by atoms with van der Waals surface area (Å²) in [6, 6.07) is 7.56. The summed E-state index contributed by atoms with van der Waals surface area (Å²) >= 11 is 11.5. The minimum atomic E-state index is -0.354. The lowest BCUT2D eigenvalue weighted by Crippen LogP contribution is -2.10. The fourth-order valence-corrected chi connectivity index (χ4v) is 3.39. The predicted octanol–water partition coefficient (Wildman–Crippen LogP) is 3.93. The zero-order valence-corrected chi connectivity index (χ0v) is 14.9. The van der Waals surface area contributed by atoms with Gasteiger partial charge in [0.15, 0.2) is 0 Å². The third kappa shape index (κ3) is 3.09. The number of anilines is 2. The largest absolute Gasteiger partial charge is 0.384 e. The van der Waals surface area contributed by atoms with Crippen molar-refractivity contribution in [1.82, 2.24) is 15.0 Å². The van der Waals surface area contributed by atoms with Crippen LogP contribution in [0.1, 0.15) is 17.2 Å². The van der Waals surface area contributed by atoms with Crippen LogP contribution < -0.4 is 10.6 Å². The number of pyridine rings is 1. The maximum atomic E-state index is 11.7. The first-order valence-electron chi connectivity index (χ1n) is 7.87. The van der Waals surface area contributed by atoms with E-state index in [1.165, 1.54) is 12.4 Å². The standard InChI is InChI=1S/C18H13Cl2N5O/c19-4-3-17(26)25-16-6-12-15(8-22-16)23-9-24-18(12)13-7-21-14-5-10(20)1-2-11(13)14/h1-6,8-9,13,21H,7H2,(H,22,25,26). The van der Waals surface area contributed by atoms with E-state index in [9.17, 15) is 4.79 Å². The van der Waals surface area contributed by atoms with Crippen LogP contribution in [0, 0.1) is 0 Å². The second kappa shape index (κ2) is 6.90. The summed E-state index contributed by atoms with van der Waals surface area (Å²) in [5, 5.41) is 7.55. The highest BCUT2D eigenvalue weighted by molar-refractivity contribution is 6.31. The summed E-state index contributed by atoms with van der Waals surface area (Å²) in [5.41, 5.74) is 4.86. The zero-order valence-electron chi connectivity index (χ0n) is 13.4. The number of benzene rings is 1. The highest BCUT2D eigenvalue weighted by atomic mass is 35.5. The van der Waals surface area contributed by atoms with Crippen LogP contribution in [0.15, 0.2) is 48.4 Å². The molecule has 3 aromatic rings. The minimum absolute atomic E-state index is 0.0569. The molecule has 1 amide bonds. The predicted molar refractivity (Wildman–Crippen MR) is 103 cm³/mol. The van der Waals surface area contributed by atoms with Crippen molar-refractivity contribution in [3.8, 4) is 0 Å². The lowest BCUT2D eigenvalue weighted by atomic mass is 9.95. The number of nitrogens with zero attached hydrogens (tertiary/aromatic N) is 3. The van der Waals surface area contributed by atoms with Crippen LogP contribution in [0.5, 0.6) is 0 Å². The van der Waals surface area contributed by atoms with E-state index >= 15 is 0 Å². The normalized spacial score (nSPS) is 15.8. The monoisotopic (exact) mass is 385 g/mol. The van der Waals surface area contributed by atoms with Gasteiger partial charge >= 0.3 is 0 Å². The topological polar surface area (TPSA) is 79.8 Å². The fraction of sp³-hybridized carbons (Fsp3) is 0.111.